The Bertz CT molecular complexity index is 876. The summed E-state index contributed by atoms with van der Waals surface area (Å²) in [5.74, 6) is 1.75. The minimum absolute atomic E-state index is 0.310. The maximum absolute atomic E-state index is 12.0. The molecule has 0 bridgehead atoms. The van der Waals surface area contributed by atoms with Crippen molar-refractivity contribution in [3.63, 3.8) is 0 Å². The second-order valence-electron chi connectivity index (χ2n) is 5.56. The number of hydrogen-bond donors (Lipinski definition) is 3. The Hall–Kier alpha value is -3.29. The monoisotopic (exact) mass is 355 g/mol. The average molecular weight is 355 g/mol. The van der Waals surface area contributed by atoms with Gasteiger partial charge < -0.3 is 14.8 Å². The zero-order valence-electron chi connectivity index (χ0n) is 14.7. The van der Waals surface area contributed by atoms with E-state index in [1.807, 2.05) is 31.2 Å². The number of pyridine rings is 1. The van der Waals surface area contributed by atoms with Gasteiger partial charge in [0.05, 0.1) is 24.6 Å². The number of benzene rings is 1. The number of urea groups is 1. The van der Waals surface area contributed by atoms with Crippen LogP contribution < -0.4 is 20.1 Å². The summed E-state index contributed by atoms with van der Waals surface area (Å²) in [7, 11) is 1.63. The quantitative estimate of drug-likeness (QED) is 0.605. The highest BCUT2D eigenvalue weighted by atomic mass is 16.5. The van der Waals surface area contributed by atoms with E-state index >= 15 is 0 Å². The molecule has 136 valence electrons. The molecule has 0 radical (unpaired) electrons. The Morgan fingerprint density at radius 1 is 1.27 bits per heavy atom. The molecular weight excluding hydrogens is 334 g/mol. The Labute approximate surface area is 150 Å². The lowest BCUT2D eigenvalue weighted by Crippen LogP contribution is -2.30. The number of nitrogens with one attached hydrogen (secondary N) is 3. The average Bonchev–Trinajstić information content (AvgIpc) is 3.05. The van der Waals surface area contributed by atoms with Gasteiger partial charge >= 0.3 is 6.03 Å². The summed E-state index contributed by atoms with van der Waals surface area (Å²) in [5.41, 5.74) is 1.86. The van der Waals surface area contributed by atoms with Crippen molar-refractivity contribution < 1.29 is 14.3 Å². The van der Waals surface area contributed by atoms with E-state index < -0.39 is 0 Å². The summed E-state index contributed by atoms with van der Waals surface area (Å²) < 4.78 is 10.5. The van der Waals surface area contributed by atoms with E-state index in [1.165, 1.54) is 0 Å². The minimum atomic E-state index is -0.310. The van der Waals surface area contributed by atoms with Gasteiger partial charge in [-0.3, -0.25) is 10.4 Å². The number of hydrogen-bond acceptors (Lipinski definition) is 5. The van der Waals surface area contributed by atoms with Gasteiger partial charge in [0.2, 0.25) is 5.88 Å². The molecule has 3 N–H and O–H groups in total. The number of methoxy groups -OCH3 is 1. The van der Waals surface area contributed by atoms with Crippen LogP contribution in [0.4, 0.5) is 10.6 Å². The van der Waals surface area contributed by atoms with E-state index in [0.717, 1.165) is 28.6 Å². The normalized spacial score (nSPS) is 10.5. The van der Waals surface area contributed by atoms with Crippen molar-refractivity contribution in [1.29, 1.82) is 0 Å². The summed E-state index contributed by atoms with van der Waals surface area (Å²) in [6.45, 7) is 2.93. The summed E-state index contributed by atoms with van der Waals surface area (Å²) in [5, 5.41) is 13.2. The first-order chi connectivity index (χ1) is 12.7. The molecule has 0 aliphatic heterocycles. The number of carbonyl (C=O) groups is 1. The van der Waals surface area contributed by atoms with Crippen LogP contribution in [0, 0.1) is 0 Å². The maximum Gasteiger partial charge on any atom is 0.320 e. The van der Waals surface area contributed by atoms with Gasteiger partial charge in [0.15, 0.2) is 0 Å². The van der Waals surface area contributed by atoms with E-state index in [-0.39, 0.29) is 6.03 Å². The van der Waals surface area contributed by atoms with Crippen LogP contribution in [-0.4, -0.2) is 41.5 Å². The van der Waals surface area contributed by atoms with Crippen molar-refractivity contribution in [1.82, 2.24) is 20.5 Å². The number of H-pyrrole nitrogens is 1. The smallest absolute Gasteiger partial charge is 0.320 e. The molecule has 2 aromatic heterocycles. The van der Waals surface area contributed by atoms with Crippen LogP contribution >= 0.6 is 0 Å². The van der Waals surface area contributed by atoms with Gasteiger partial charge in [-0.15, -0.1) is 5.10 Å². The van der Waals surface area contributed by atoms with Gasteiger partial charge in [0, 0.05) is 18.8 Å². The van der Waals surface area contributed by atoms with Crippen LogP contribution in [0.1, 0.15) is 12.5 Å². The van der Waals surface area contributed by atoms with Crippen molar-refractivity contribution in [3.05, 3.63) is 42.1 Å². The SMILES string of the molecule is CCOc1n[nH]c2cc(NC(=O)NCCc3ccc(OC)cc3)ncc12. The number of fused-ring (bicyclic) bond motifs is 1. The second kappa shape index (κ2) is 8.19. The molecule has 26 heavy (non-hydrogen) atoms. The molecule has 3 rings (SSSR count). The van der Waals surface area contributed by atoms with E-state index in [0.29, 0.717) is 24.8 Å². The first kappa shape index (κ1) is 17.5. The van der Waals surface area contributed by atoms with Gasteiger partial charge in [0.25, 0.3) is 0 Å². The molecule has 0 saturated carbocycles. The molecular formula is C18H21N5O3. The zero-order valence-corrected chi connectivity index (χ0v) is 14.7. The molecule has 1 aromatic carbocycles. The second-order valence-corrected chi connectivity index (χ2v) is 5.56. The first-order valence-corrected chi connectivity index (χ1v) is 8.34. The number of amides is 2. The lowest BCUT2D eigenvalue weighted by Gasteiger charge is -2.08. The summed E-state index contributed by atoms with van der Waals surface area (Å²) in [6.07, 6.45) is 2.35. The topological polar surface area (TPSA) is 101 Å². The largest absolute Gasteiger partial charge is 0.497 e. The highest BCUT2D eigenvalue weighted by Crippen LogP contribution is 2.23. The fourth-order valence-corrected chi connectivity index (χ4v) is 2.48. The molecule has 3 aromatic rings. The molecule has 2 amide bonds. The van der Waals surface area contributed by atoms with E-state index in [4.69, 9.17) is 9.47 Å². The van der Waals surface area contributed by atoms with Crippen molar-refractivity contribution in [2.45, 2.75) is 13.3 Å². The van der Waals surface area contributed by atoms with Crippen LogP contribution in [0.5, 0.6) is 11.6 Å². The number of aromatic amines is 1. The third-order valence-corrected chi connectivity index (χ3v) is 3.79. The van der Waals surface area contributed by atoms with E-state index in [1.54, 1.807) is 19.4 Å². The van der Waals surface area contributed by atoms with Crippen LogP contribution in [0.15, 0.2) is 36.5 Å². The Morgan fingerprint density at radius 3 is 2.81 bits per heavy atom. The van der Waals surface area contributed by atoms with Gasteiger partial charge in [-0.05, 0) is 31.0 Å². The number of nitrogens with zero attached hydrogens (tertiary/aromatic N) is 2. The molecule has 0 unspecified atom stereocenters. The van der Waals surface area contributed by atoms with Crippen LogP contribution in [-0.2, 0) is 6.42 Å². The Kier molecular flexibility index (Phi) is 5.52. The predicted molar refractivity (Wildman–Crippen MR) is 98.8 cm³/mol. The number of rotatable bonds is 7. The fraction of sp³-hybridized carbons (Fsp3) is 0.278. The standard InChI is InChI=1S/C18H21N5O3/c1-3-26-17-14-11-20-16(10-15(14)22-23-17)21-18(24)19-9-8-12-4-6-13(25-2)7-5-12/h4-7,10-11H,3,8-9H2,1-2H3,(H,22,23)(H2,19,20,21,24). The maximum atomic E-state index is 12.0. The number of anilines is 1. The van der Waals surface area contributed by atoms with Crippen molar-refractivity contribution in [3.8, 4) is 11.6 Å². The van der Waals surface area contributed by atoms with Crippen molar-refractivity contribution in [2.75, 3.05) is 25.6 Å². The molecule has 8 nitrogen and oxygen atoms in total. The fourth-order valence-electron chi connectivity index (χ4n) is 2.48. The molecule has 2 heterocycles. The van der Waals surface area contributed by atoms with Crippen LogP contribution in [0.2, 0.25) is 0 Å². The summed E-state index contributed by atoms with van der Waals surface area (Å²) >= 11 is 0. The highest BCUT2D eigenvalue weighted by Gasteiger charge is 2.09. The zero-order chi connectivity index (χ0) is 18.4. The lowest BCUT2D eigenvalue weighted by atomic mass is 10.1. The van der Waals surface area contributed by atoms with E-state index in [2.05, 4.69) is 25.8 Å². The summed E-state index contributed by atoms with van der Waals surface area (Å²) in [4.78, 5) is 16.2. The molecule has 0 atom stereocenters. The highest BCUT2D eigenvalue weighted by molar-refractivity contribution is 5.91. The molecule has 0 fully saturated rings. The number of carbonyl (C=O) groups excluding carboxylic acids is 1. The molecule has 0 aliphatic carbocycles. The van der Waals surface area contributed by atoms with Gasteiger partial charge in [-0.1, -0.05) is 12.1 Å². The first-order valence-electron chi connectivity index (χ1n) is 8.34. The predicted octanol–water partition coefficient (Wildman–Crippen LogP) is 2.73. The number of ether oxygens (including phenoxy) is 2. The van der Waals surface area contributed by atoms with Crippen LogP contribution in [0.3, 0.4) is 0 Å². The van der Waals surface area contributed by atoms with Gasteiger partial charge in [-0.2, -0.15) is 0 Å². The third kappa shape index (κ3) is 4.21. The van der Waals surface area contributed by atoms with Crippen molar-refractivity contribution in [2.24, 2.45) is 0 Å². The summed E-state index contributed by atoms with van der Waals surface area (Å²) in [6, 6.07) is 9.15. The Morgan fingerprint density at radius 2 is 2.08 bits per heavy atom. The van der Waals surface area contributed by atoms with Gasteiger partial charge in [0.1, 0.15) is 11.6 Å². The molecule has 0 spiro atoms. The minimum Gasteiger partial charge on any atom is -0.497 e. The van der Waals surface area contributed by atoms with Crippen LogP contribution in [0.25, 0.3) is 10.9 Å². The van der Waals surface area contributed by atoms with Crippen molar-refractivity contribution >= 4 is 22.8 Å². The number of aromatic nitrogens is 3. The Balaban J connectivity index is 1.51. The molecule has 0 saturated heterocycles. The lowest BCUT2D eigenvalue weighted by molar-refractivity contribution is 0.252. The molecule has 0 aliphatic rings. The molecule has 8 heteroatoms. The third-order valence-electron chi connectivity index (χ3n) is 3.79. The van der Waals surface area contributed by atoms with Gasteiger partial charge in [-0.25, -0.2) is 9.78 Å². The van der Waals surface area contributed by atoms with E-state index in [9.17, 15) is 4.79 Å².